The summed E-state index contributed by atoms with van der Waals surface area (Å²) in [6.07, 6.45) is 15.4. The van der Waals surface area contributed by atoms with E-state index >= 15 is 8.78 Å². The number of nitrogens with zero attached hydrogens (tertiary/aromatic N) is 9. The molecule has 1 amide bonds. The Balaban J connectivity index is 0.654. The van der Waals surface area contributed by atoms with Crippen LogP contribution in [0.15, 0.2) is 67.1 Å². The molecule has 0 bridgehead atoms. The van der Waals surface area contributed by atoms with Gasteiger partial charge in [0.1, 0.15) is 34.6 Å². The molecule has 2 spiro atoms. The number of piperazine rings is 1. The molecule has 6 aromatic rings. The number of hydrogen-bond donors (Lipinski definition) is 2. The van der Waals surface area contributed by atoms with Crippen LogP contribution in [0.3, 0.4) is 0 Å². The first-order valence-electron chi connectivity index (χ1n) is 26.5. The zero-order valence-corrected chi connectivity index (χ0v) is 41.3. The number of benzene rings is 3. The molecule has 2 N–H and O–H groups in total. The van der Waals surface area contributed by atoms with E-state index in [9.17, 15) is 9.90 Å². The van der Waals surface area contributed by atoms with Gasteiger partial charge in [-0.1, -0.05) is 19.6 Å². The van der Waals surface area contributed by atoms with Crippen molar-refractivity contribution >= 4 is 50.0 Å². The molecule has 2 atom stereocenters. The Morgan fingerprint density at radius 1 is 0.917 bits per heavy atom. The lowest BCUT2D eigenvalue weighted by molar-refractivity contribution is -0.151. The molecule has 5 saturated heterocycles. The molecule has 8 heterocycles. The Kier molecular flexibility index (Phi) is 11.2. The fourth-order valence-corrected chi connectivity index (χ4v) is 13.4. The Morgan fingerprint density at radius 3 is 2.49 bits per heavy atom. The fourth-order valence-electron chi connectivity index (χ4n) is 13.4. The number of fused-ring (bicyclic) bond motifs is 3. The molecule has 7 fully saturated rings. The predicted molar refractivity (Wildman–Crippen MR) is 273 cm³/mol. The molecule has 13 rings (SSSR count). The summed E-state index contributed by atoms with van der Waals surface area (Å²) in [7, 11) is 0. The first-order chi connectivity index (χ1) is 35.0. The Bertz CT molecular complexity index is 3130. The van der Waals surface area contributed by atoms with Gasteiger partial charge >= 0.3 is 6.01 Å². The van der Waals surface area contributed by atoms with Gasteiger partial charge < -0.3 is 34.6 Å². The van der Waals surface area contributed by atoms with Crippen LogP contribution in [0.4, 0.5) is 20.3 Å². The highest BCUT2D eigenvalue weighted by Gasteiger charge is 2.51. The molecule has 2 saturated carbocycles. The number of nitrogens with one attached hydrogen (secondary N) is 1. The summed E-state index contributed by atoms with van der Waals surface area (Å²) >= 11 is 0. The minimum absolute atomic E-state index is 0.00425. The van der Waals surface area contributed by atoms with Crippen molar-refractivity contribution in [2.45, 2.75) is 102 Å². The van der Waals surface area contributed by atoms with Crippen molar-refractivity contribution in [1.29, 1.82) is 0 Å². The number of halogens is 2. The minimum Gasteiger partial charge on any atom is -0.508 e. The van der Waals surface area contributed by atoms with E-state index in [0.29, 0.717) is 70.6 Å². The number of rotatable bonds is 11. The van der Waals surface area contributed by atoms with Gasteiger partial charge in [0.15, 0.2) is 5.82 Å². The molecular weight excluding hydrogens is 915 g/mol. The van der Waals surface area contributed by atoms with Crippen molar-refractivity contribution in [3.05, 3.63) is 84.3 Å². The van der Waals surface area contributed by atoms with Crippen LogP contribution in [0.5, 0.6) is 11.8 Å². The van der Waals surface area contributed by atoms with Gasteiger partial charge in [-0.05, 0) is 142 Å². The second-order valence-corrected chi connectivity index (χ2v) is 22.4. The number of anilines is 2. The monoisotopic (exact) mass is 979 g/mol. The number of phenolic OH excluding ortho intramolecular Hbond substituents is 1. The topological polar surface area (TPSA) is 137 Å². The number of aromatic nitrogens is 5. The number of amides is 1. The summed E-state index contributed by atoms with van der Waals surface area (Å²) < 4.78 is 47.1. The zero-order valence-electron chi connectivity index (χ0n) is 41.3. The first-order valence-corrected chi connectivity index (χ1v) is 26.5. The van der Waals surface area contributed by atoms with Gasteiger partial charge in [-0.15, -0.1) is 0 Å². The minimum atomic E-state index is -0.659. The summed E-state index contributed by atoms with van der Waals surface area (Å²) in [4.78, 5) is 37.2. The van der Waals surface area contributed by atoms with Crippen molar-refractivity contribution in [1.82, 2.24) is 39.8 Å². The molecule has 72 heavy (non-hydrogen) atoms. The first kappa shape index (κ1) is 45.9. The zero-order chi connectivity index (χ0) is 48.9. The summed E-state index contributed by atoms with van der Waals surface area (Å²) in [6, 6.07) is 13.0. The number of pyridine rings is 1. The van der Waals surface area contributed by atoms with E-state index in [0.717, 1.165) is 114 Å². The standard InChI is InChI=1S/C56H64F2N10O4/c1-3-41-44(57)8-6-36-26-40(69)27-42(47(36)41)49-48(58)50-43(31-59-49)51(67-17-4-11-56(33-67)16-24-72-56)63-53(62-50)71-34-55(12-13-55)32-64-18-14-54(15-19-64)28-39(29-54)66-22-20-65(21-23-66)38-7-10-45-37(25-38)30-60-68(45)46-9-5-35(2)61-52(46)70/h6-8,10,25-27,30-31,39,46,69H,2-5,9,11-24,28-29,32-34H2,1H3,(H,61,70)/t46?,56-/m0/s1. The summed E-state index contributed by atoms with van der Waals surface area (Å²) in [5.41, 5.74) is 4.02. The van der Waals surface area contributed by atoms with E-state index < -0.39 is 5.82 Å². The number of aryl methyl sites for hydroxylation is 1. The third-order valence-corrected chi connectivity index (χ3v) is 17.9. The number of hydrogen-bond acceptors (Lipinski definition) is 12. The highest BCUT2D eigenvalue weighted by atomic mass is 19.1. The number of ether oxygens (including phenoxy) is 2. The number of allylic oxidation sites excluding steroid dienone is 1. The Hall–Kier alpha value is -5.97. The highest BCUT2D eigenvalue weighted by Crippen LogP contribution is 2.53. The smallest absolute Gasteiger partial charge is 0.319 e. The lowest BCUT2D eigenvalue weighted by Gasteiger charge is -2.56. The largest absolute Gasteiger partial charge is 0.508 e. The van der Waals surface area contributed by atoms with Crippen LogP contribution >= 0.6 is 0 Å². The van der Waals surface area contributed by atoms with Gasteiger partial charge in [0.05, 0.1) is 35.9 Å². The summed E-state index contributed by atoms with van der Waals surface area (Å²) in [6.45, 7) is 15.6. The molecular formula is C56H64F2N10O4. The number of carbonyl (C=O) groups excluding carboxylic acids is 1. The molecule has 7 aliphatic rings. The summed E-state index contributed by atoms with van der Waals surface area (Å²) in [5, 5.41) is 21.0. The Labute approximate surface area is 418 Å². The average molecular weight is 979 g/mol. The maximum atomic E-state index is 17.3. The van der Waals surface area contributed by atoms with Crippen LogP contribution in [0, 0.1) is 22.5 Å². The predicted octanol–water partition coefficient (Wildman–Crippen LogP) is 8.69. The van der Waals surface area contributed by atoms with Crippen LogP contribution in [-0.2, 0) is 16.0 Å². The third kappa shape index (κ3) is 8.12. The van der Waals surface area contributed by atoms with Gasteiger partial charge in [0.25, 0.3) is 0 Å². The van der Waals surface area contributed by atoms with Gasteiger partial charge in [-0.3, -0.25) is 19.4 Å². The van der Waals surface area contributed by atoms with Crippen molar-refractivity contribution in [3.63, 3.8) is 0 Å². The molecule has 5 aliphatic heterocycles. The number of piperidine rings is 3. The Morgan fingerprint density at radius 2 is 1.74 bits per heavy atom. The van der Waals surface area contributed by atoms with Gasteiger partial charge in [0.2, 0.25) is 5.91 Å². The molecule has 14 nitrogen and oxygen atoms in total. The van der Waals surface area contributed by atoms with E-state index in [2.05, 4.69) is 59.8 Å². The van der Waals surface area contributed by atoms with Crippen LogP contribution < -0.4 is 19.9 Å². The quantitative estimate of drug-likeness (QED) is 0.129. The molecule has 0 radical (unpaired) electrons. The second kappa shape index (κ2) is 17.6. The SMILES string of the molecule is C=C1CCC(n2ncc3cc(N4CCN(C5CC6(CCN(CC7(COc8nc(N9CCC[C@]%10(CCO%10)C9)c9cnc(-c%10cc(O)cc%11ccc(F)c(CC)c%10%11)c(F)c9n8)CC7)CC6)C5)CC4)ccc32)C(=O)N1. The number of likely N-dealkylation sites (tertiary alicyclic amines) is 1. The van der Waals surface area contributed by atoms with E-state index in [1.807, 2.05) is 17.8 Å². The number of carbonyl (C=O) groups is 1. The molecule has 3 aromatic carbocycles. The van der Waals surface area contributed by atoms with Gasteiger partial charge in [0, 0.05) is 92.2 Å². The van der Waals surface area contributed by atoms with Crippen LogP contribution in [-0.4, -0.2) is 129 Å². The maximum Gasteiger partial charge on any atom is 0.319 e. The van der Waals surface area contributed by atoms with Crippen molar-refractivity contribution in [2.75, 3.05) is 81.9 Å². The van der Waals surface area contributed by atoms with Gasteiger partial charge in [-0.25, -0.2) is 8.78 Å². The maximum absolute atomic E-state index is 17.3. The fraction of sp³-hybridized carbons (Fsp3) is 0.518. The van der Waals surface area contributed by atoms with Gasteiger partial charge in [-0.2, -0.15) is 15.1 Å². The molecule has 16 heteroatoms. The third-order valence-electron chi connectivity index (χ3n) is 17.9. The van der Waals surface area contributed by atoms with E-state index in [4.69, 9.17) is 19.4 Å². The van der Waals surface area contributed by atoms with Crippen LogP contribution in [0.2, 0.25) is 0 Å². The highest BCUT2D eigenvalue weighted by molar-refractivity contribution is 6.02. The molecule has 376 valence electrons. The molecule has 3 aromatic heterocycles. The van der Waals surface area contributed by atoms with Crippen molar-refractivity contribution in [3.8, 4) is 23.0 Å². The average Bonchev–Trinajstić information content (AvgIpc) is 4.01. The van der Waals surface area contributed by atoms with Crippen LogP contribution in [0.25, 0.3) is 43.8 Å². The van der Waals surface area contributed by atoms with Crippen molar-refractivity contribution in [2.24, 2.45) is 10.8 Å². The second-order valence-electron chi connectivity index (χ2n) is 22.4. The number of phenols is 1. The van der Waals surface area contributed by atoms with E-state index in [-0.39, 0.29) is 51.8 Å². The van der Waals surface area contributed by atoms with Crippen molar-refractivity contribution < 1.29 is 28.2 Å². The molecule has 1 unspecified atom stereocenters. The normalized spacial score (nSPS) is 24.6. The van der Waals surface area contributed by atoms with E-state index in [1.165, 1.54) is 43.5 Å². The lowest BCUT2D eigenvalue weighted by Crippen LogP contribution is -2.59. The van der Waals surface area contributed by atoms with Crippen LogP contribution in [0.1, 0.15) is 89.2 Å². The molecule has 2 aliphatic carbocycles. The van der Waals surface area contributed by atoms with E-state index in [1.54, 1.807) is 18.3 Å². The lowest BCUT2D eigenvalue weighted by atomic mass is 9.60. The number of aromatic hydroxyl groups is 1. The summed E-state index contributed by atoms with van der Waals surface area (Å²) in [5.74, 6) is -0.555.